The van der Waals surface area contributed by atoms with E-state index < -0.39 is 5.97 Å². The first-order chi connectivity index (χ1) is 10.3. The van der Waals surface area contributed by atoms with E-state index in [9.17, 15) is 4.79 Å². The first kappa shape index (κ1) is 25.3. The molecular weight excluding hydrogens is 398 g/mol. The van der Waals surface area contributed by atoms with Crippen molar-refractivity contribution in [1.82, 2.24) is 0 Å². The van der Waals surface area contributed by atoms with E-state index in [1.54, 1.807) is 0 Å². The molecule has 0 aromatic rings. The Morgan fingerprint density at radius 1 is 0.591 bits per heavy atom. The minimum Gasteiger partial charge on any atom is -0.481 e. The van der Waals surface area contributed by atoms with Crippen molar-refractivity contribution >= 4 is 54.9 Å². The number of rotatable bonds is 17. The summed E-state index contributed by atoms with van der Waals surface area (Å²) in [6, 6.07) is 0. The van der Waals surface area contributed by atoms with Crippen molar-refractivity contribution in [3.63, 3.8) is 0 Å². The van der Waals surface area contributed by atoms with Crippen LogP contribution in [0.25, 0.3) is 0 Å². The van der Waals surface area contributed by atoms with E-state index >= 15 is 0 Å². The summed E-state index contributed by atoms with van der Waals surface area (Å²) in [6.07, 6.45) is 21.7. The molecule has 2 radical (unpaired) electrons. The average Bonchev–Trinajstić information content (AvgIpc) is 2.46. The van der Waals surface area contributed by atoms with Crippen molar-refractivity contribution in [3.05, 3.63) is 0 Å². The van der Waals surface area contributed by atoms with Gasteiger partial charge >= 0.3 is 5.97 Å². The molecule has 0 rings (SSSR count). The van der Waals surface area contributed by atoms with E-state index in [0.29, 0.717) is 6.42 Å². The third kappa shape index (κ3) is 23.3. The van der Waals surface area contributed by atoms with Crippen LogP contribution in [0.1, 0.15) is 116 Å². The van der Waals surface area contributed by atoms with Crippen LogP contribution in [0.15, 0.2) is 0 Å². The zero-order chi connectivity index (χ0) is 15.6. The summed E-state index contributed by atoms with van der Waals surface area (Å²) in [7, 11) is 0. The first-order valence-corrected chi connectivity index (χ1v) is 9.49. The number of carboxylic acid groups (broad SMARTS) is 1. The van der Waals surface area contributed by atoms with E-state index in [4.69, 9.17) is 5.11 Å². The Bertz CT molecular complexity index is 219. The maximum absolute atomic E-state index is 10.3. The molecule has 2 nitrogen and oxygen atoms in total. The summed E-state index contributed by atoms with van der Waals surface area (Å²) in [5.74, 6) is -0.652. The van der Waals surface area contributed by atoms with Gasteiger partial charge < -0.3 is 5.11 Å². The third-order valence-corrected chi connectivity index (χ3v) is 4.24. The predicted octanol–water partition coefficient (Wildman–Crippen LogP) is 6.34. The Labute approximate surface area is 179 Å². The Morgan fingerprint density at radius 2 is 0.864 bits per heavy atom. The molecule has 0 aliphatic carbocycles. The molecule has 0 heterocycles. The average molecular weight is 436 g/mol. The summed E-state index contributed by atoms with van der Waals surface area (Å²) in [5.41, 5.74) is 0. The van der Waals surface area contributed by atoms with Crippen molar-refractivity contribution < 1.29 is 9.90 Å². The number of carboxylic acids is 1. The Morgan fingerprint density at radius 3 is 1.14 bits per heavy atom. The smallest absolute Gasteiger partial charge is 0.303 e. The number of unbranched alkanes of at least 4 members (excludes halogenated alkanes) is 15. The molecular formula is C19H38BaO2. The predicted molar refractivity (Wildman–Crippen MR) is 97.6 cm³/mol. The van der Waals surface area contributed by atoms with E-state index in [0.717, 1.165) is 12.8 Å². The van der Waals surface area contributed by atoms with Gasteiger partial charge in [-0.15, -0.1) is 0 Å². The number of hydrogen-bond donors (Lipinski definition) is 1. The van der Waals surface area contributed by atoms with Crippen molar-refractivity contribution in [1.29, 1.82) is 0 Å². The first-order valence-electron chi connectivity index (χ1n) is 9.49. The molecule has 0 aromatic carbocycles. The largest absolute Gasteiger partial charge is 0.481 e. The summed E-state index contributed by atoms with van der Waals surface area (Å²) >= 11 is 0. The molecule has 1 N–H and O–H groups in total. The van der Waals surface area contributed by atoms with Crippen molar-refractivity contribution in [2.24, 2.45) is 0 Å². The van der Waals surface area contributed by atoms with E-state index in [2.05, 4.69) is 6.92 Å². The van der Waals surface area contributed by atoms with Crippen molar-refractivity contribution in [2.75, 3.05) is 0 Å². The number of carbonyl (C=O) groups is 1. The van der Waals surface area contributed by atoms with Crippen LogP contribution in [0.4, 0.5) is 0 Å². The molecule has 0 atom stereocenters. The van der Waals surface area contributed by atoms with Gasteiger partial charge in [-0.2, -0.15) is 0 Å². The van der Waals surface area contributed by atoms with Crippen molar-refractivity contribution in [3.8, 4) is 0 Å². The molecule has 0 unspecified atom stereocenters. The summed E-state index contributed by atoms with van der Waals surface area (Å²) in [5, 5.41) is 8.53. The van der Waals surface area contributed by atoms with Crippen LogP contribution in [-0.2, 0) is 4.79 Å². The molecule has 0 aliphatic heterocycles. The number of hydrogen-bond acceptors (Lipinski definition) is 1. The fraction of sp³-hybridized carbons (Fsp3) is 0.947. The Kier molecular flexibility index (Phi) is 25.3. The quantitative estimate of drug-likeness (QED) is 0.214. The second-order valence-electron chi connectivity index (χ2n) is 6.45. The van der Waals surface area contributed by atoms with E-state index in [-0.39, 0.29) is 48.9 Å². The maximum Gasteiger partial charge on any atom is 0.303 e. The third-order valence-electron chi connectivity index (χ3n) is 4.24. The van der Waals surface area contributed by atoms with Crippen LogP contribution in [0, 0.1) is 0 Å². The van der Waals surface area contributed by atoms with Crippen molar-refractivity contribution in [2.45, 2.75) is 116 Å². The molecule has 0 fully saturated rings. The summed E-state index contributed by atoms with van der Waals surface area (Å²) in [4.78, 5) is 10.3. The maximum atomic E-state index is 10.3. The molecule has 22 heavy (non-hydrogen) atoms. The van der Waals surface area contributed by atoms with Crippen LogP contribution in [0.3, 0.4) is 0 Å². The molecule has 0 saturated heterocycles. The molecule has 0 aliphatic rings. The molecule has 3 heteroatoms. The van der Waals surface area contributed by atoms with Crippen LogP contribution >= 0.6 is 0 Å². The van der Waals surface area contributed by atoms with Gasteiger partial charge in [-0.3, -0.25) is 4.79 Å². The molecule has 0 amide bonds. The molecule has 0 spiro atoms. The Balaban J connectivity index is 0. The zero-order valence-electron chi connectivity index (χ0n) is 15.1. The second kappa shape index (κ2) is 22.0. The van der Waals surface area contributed by atoms with Gasteiger partial charge in [-0.1, -0.05) is 103 Å². The van der Waals surface area contributed by atoms with Gasteiger partial charge in [0.1, 0.15) is 0 Å². The van der Waals surface area contributed by atoms with Gasteiger partial charge in [0.15, 0.2) is 0 Å². The molecule has 0 saturated carbocycles. The fourth-order valence-corrected chi connectivity index (χ4v) is 2.82. The Hall–Kier alpha value is 1.04. The molecule has 0 bridgehead atoms. The molecule has 0 aromatic heterocycles. The SMILES string of the molecule is CCCCCCCCCCCCCCCCCCC(=O)O.[Ba]. The minimum absolute atomic E-state index is 0. The van der Waals surface area contributed by atoms with Gasteiger partial charge in [0.25, 0.3) is 0 Å². The van der Waals surface area contributed by atoms with E-state index in [1.165, 1.54) is 89.9 Å². The molecule has 128 valence electrons. The second-order valence-corrected chi connectivity index (χ2v) is 6.45. The number of aliphatic carboxylic acids is 1. The fourth-order valence-electron chi connectivity index (χ4n) is 2.82. The monoisotopic (exact) mass is 436 g/mol. The summed E-state index contributed by atoms with van der Waals surface area (Å²) < 4.78 is 0. The topological polar surface area (TPSA) is 37.3 Å². The van der Waals surface area contributed by atoms with Gasteiger partial charge in [-0.05, 0) is 6.42 Å². The minimum atomic E-state index is -0.652. The van der Waals surface area contributed by atoms with Crippen LogP contribution in [-0.4, -0.2) is 60.0 Å². The van der Waals surface area contributed by atoms with Gasteiger partial charge in [0.05, 0.1) is 0 Å². The van der Waals surface area contributed by atoms with Gasteiger partial charge in [0, 0.05) is 55.3 Å². The van der Waals surface area contributed by atoms with Crippen LogP contribution in [0.5, 0.6) is 0 Å². The van der Waals surface area contributed by atoms with E-state index in [1.807, 2.05) is 0 Å². The van der Waals surface area contributed by atoms with Gasteiger partial charge in [0.2, 0.25) is 0 Å². The zero-order valence-corrected chi connectivity index (χ0v) is 19.5. The standard InChI is InChI=1S/C19H38O2.Ba/c1-2-3-4-5-6-7-8-9-10-11-12-13-14-15-16-17-18-19(20)21;/h2-18H2,1H3,(H,20,21);. The summed E-state index contributed by atoms with van der Waals surface area (Å²) in [6.45, 7) is 2.27. The normalized spacial score (nSPS) is 10.4. The van der Waals surface area contributed by atoms with Gasteiger partial charge in [-0.25, -0.2) is 0 Å². The van der Waals surface area contributed by atoms with Crippen LogP contribution in [0.2, 0.25) is 0 Å². The van der Waals surface area contributed by atoms with Crippen LogP contribution < -0.4 is 0 Å².